The molecule has 1 unspecified atom stereocenters. The lowest BCUT2D eigenvalue weighted by Gasteiger charge is -2.24. The van der Waals surface area contributed by atoms with Gasteiger partial charge in [0.15, 0.2) is 0 Å². The molecular weight excluding hydrogens is 216 g/mol. The van der Waals surface area contributed by atoms with E-state index in [2.05, 4.69) is 17.4 Å². The first kappa shape index (κ1) is 14.2. The van der Waals surface area contributed by atoms with Gasteiger partial charge in [0, 0.05) is 12.7 Å². The van der Waals surface area contributed by atoms with Crippen LogP contribution in [0.5, 0.6) is 0 Å². The topological polar surface area (TPSA) is 65.1 Å². The molecule has 0 spiro atoms. The average molecular weight is 240 g/mol. The van der Waals surface area contributed by atoms with Crippen LogP contribution in [0.25, 0.3) is 0 Å². The van der Waals surface area contributed by atoms with E-state index in [1.54, 1.807) is 6.20 Å². The highest BCUT2D eigenvalue weighted by Crippen LogP contribution is 2.16. The van der Waals surface area contributed by atoms with E-state index in [9.17, 15) is 0 Å². The molecule has 0 saturated heterocycles. The molecule has 0 amide bonds. The Labute approximate surface area is 103 Å². The van der Waals surface area contributed by atoms with E-state index in [0.29, 0.717) is 6.61 Å². The number of aromatic nitrogens is 2. The Hall–Kier alpha value is -0.910. The minimum atomic E-state index is -0.162. The first-order chi connectivity index (χ1) is 7.98. The second-order valence-corrected chi connectivity index (χ2v) is 5.12. The van der Waals surface area contributed by atoms with Gasteiger partial charge in [0.25, 0.3) is 0 Å². The van der Waals surface area contributed by atoms with Crippen LogP contribution < -0.4 is 11.3 Å². The zero-order chi connectivity index (χ0) is 12.9. The summed E-state index contributed by atoms with van der Waals surface area (Å²) < 4.78 is 7.72. The smallest absolute Gasteiger partial charge is 0.0862 e. The van der Waals surface area contributed by atoms with E-state index >= 15 is 0 Å². The number of rotatable bonds is 6. The van der Waals surface area contributed by atoms with Gasteiger partial charge in [-0.15, -0.1) is 0 Å². The van der Waals surface area contributed by atoms with Crippen LogP contribution in [0.4, 0.5) is 0 Å². The highest BCUT2D eigenvalue weighted by molar-refractivity contribution is 5.06. The second kappa shape index (κ2) is 6.14. The molecule has 0 saturated carbocycles. The van der Waals surface area contributed by atoms with Gasteiger partial charge >= 0.3 is 0 Å². The highest BCUT2D eigenvalue weighted by atomic mass is 16.5. The highest BCUT2D eigenvalue weighted by Gasteiger charge is 2.18. The predicted octanol–water partition coefficient (Wildman–Crippen LogP) is 1.61. The van der Waals surface area contributed by atoms with E-state index in [4.69, 9.17) is 10.6 Å². The fourth-order valence-electron chi connectivity index (χ4n) is 1.59. The molecule has 17 heavy (non-hydrogen) atoms. The summed E-state index contributed by atoms with van der Waals surface area (Å²) in [4.78, 5) is 0. The van der Waals surface area contributed by atoms with Gasteiger partial charge in [-0.25, -0.2) is 5.43 Å². The van der Waals surface area contributed by atoms with Crippen molar-refractivity contribution in [1.82, 2.24) is 15.2 Å². The Morgan fingerprint density at radius 1 is 1.53 bits per heavy atom. The number of hydrazine groups is 1. The van der Waals surface area contributed by atoms with Crippen molar-refractivity contribution >= 4 is 0 Å². The molecule has 1 aromatic heterocycles. The van der Waals surface area contributed by atoms with Gasteiger partial charge in [0.05, 0.1) is 23.9 Å². The second-order valence-electron chi connectivity index (χ2n) is 5.12. The number of hydrogen-bond acceptors (Lipinski definition) is 4. The van der Waals surface area contributed by atoms with Crippen molar-refractivity contribution in [3.8, 4) is 0 Å². The van der Waals surface area contributed by atoms with E-state index in [1.165, 1.54) is 0 Å². The molecule has 5 nitrogen and oxygen atoms in total. The summed E-state index contributed by atoms with van der Waals surface area (Å²) in [5.41, 5.74) is 3.70. The summed E-state index contributed by atoms with van der Waals surface area (Å²) in [5, 5.41) is 4.28. The minimum absolute atomic E-state index is 0.0247. The van der Waals surface area contributed by atoms with Gasteiger partial charge in [0.1, 0.15) is 0 Å². The van der Waals surface area contributed by atoms with Gasteiger partial charge < -0.3 is 4.74 Å². The van der Waals surface area contributed by atoms with E-state index in [1.807, 2.05) is 31.5 Å². The molecular formula is C12H24N4O. The number of ether oxygens (including phenoxy) is 1. The number of nitrogens with two attached hydrogens (primary N) is 1. The molecule has 0 aromatic carbocycles. The maximum absolute atomic E-state index is 5.76. The monoisotopic (exact) mass is 240 g/mol. The molecule has 0 aliphatic rings. The molecule has 0 radical (unpaired) electrons. The van der Waals surface area contributed by atoms with Crippen LogP contribution in [0.2, 0.25) is 0 Å². The number of aryl methyl sites for hydroxylation is 1. The largest absolute Gasteiger partial charge is 0.374 e. The van der Waals surface area contributed by atoms with Crippen LogP contribution in [0.15, 0.2) is 12.3 Å². The molecule has 0 aliphatic heterocycles. The molecule has 0 bridgehead atoms. The molecule has 0 aliphatic carbocycles. The maximum atomic E-state index is 5.76. The SMILES string of the molecule is CCCn1nccc1C(COC(C)(C)C)NN. The lowest BCUT2D eigenvalue weighted by Crippen LogP contribution is -2.35. The first-order valence-electron chi connectivity index (χ1n) is 6.09. The summed E-state index contributed by atoms with van der Waals surface area (Å²) in [6.45, 7) is 9.66. The van der Waals surface area contributed by atoms with Crippen molar-refractivity contribution in [3.05, 3.63) is 18.0 Å². The Morgan fingerprint density at radius 2 is 2.24 bits per heavy atom. The summed E-state index contributed by atoms with van der Waals surface area (Å²) in [7, 11) is 0. The van der Waals surface area contributed by atoms with Gasteiger partial charge in [0.2, 0.25) is 0 Å². The van der Waals surface area contributed by atoms with E-state index in [0.717, 1.165) is 18.7 Å². The summed E-state index contributed by atoms with van der Waals surface area (Å²) in [6, 6.07) is 1.95. The van der Waals surface area contributed by atoms with Crippen molar-refractivity contribution in [2.24, 2.45) is 5.84 Å². The summed E-state index contributed by atoms with van der Waals surface area (Å²) in [6.07, 6.45) is 2.85. The molecule has 1 atom stereocenters. The van der Waals surface area contributed by atoms with Crippen molar-refractivity contribution in [2.45, 2.75) is 52.3 Å². The number of nitrogens with zero attached hydrogens (tertiary/aromatic N) is 2. The third-order valence-electron chi connectivity index (χ3n) is 2.43. The van der Waals surface area contributed by atoms with Gasteiger partial charge in [-0.2, -0.15) is 5.10 Å². The number of hydrogen-bond donors (Lipinski definition) is 2. The Balaban J connectivity index is 2.69. The van der Waals surface area contributed by atoms with Gasteiger partial charge in [-0.1, -0.05) is 6.92 Å². The van der Waals surface area contributed by atoms with E-state index < -0.39 is 0 Å². The van der Waals surface area contributed by atoms with Crippen LogP contribution in [0.3, 0.4) is 0 Å². The lowest BCUT2D eigenvalue weighted by molar-refractivity contribution is -0.0158. The van der Waals surface area contributed by atoms with Crippen molar-refractivity contribution < 1.29 is 4.74 Å². The molecule has 3 N–H and O–H groups in total. The zero-order valence-electron chi connectivity index (χ0n) is 11.2. The van der Waals surface area contributed by atoms with Crippen LogP contribution in [0.1, 0.15) is 45.9 Å². The maximum Gasteiger partial charge on any atom is 0.0862 e. The molecule has 98 valence electrons. The zero-order valence-corrected chi connectivity index (χ0v) is 11.2. The third kappa shape index (κ3) is 4.46. The third-order valence-corrected chi connectivity index (χ3v) is 2.43. The van der Waals surface area contributed by atoms with Crippen LogP contribution in [0, 0.1) is 0 Å². The Morgan fingerprint density at radius 3 is 2.76 bits per heavy atom. The fraction of sp³-hybridized carbons (Fsp3) is 0.750. The standard InChI is InChI=1S/C12H24N4O/c1-5-8-16-11(6-7-14-16)10(15-13)9-17-12(2,3)4/h6-7,10,15H,5,8-9,13H2,1-4H3. The fourth-order valence-corrected chi connectivity index (χ4v) is 1.59. The molecule has 0 fully saturated rings. The first-order valence-corrected chi connectivity index (χ1v) is 6.09. The van der Waals surface area contributed by atoms with Crippen molar-refractivity contribution in [3.63, 3.8) is 0 Å². The van der Waals surface area contributed by atoms with Crippen LogP contribution in [-0.2, 0) is 11.3 Å². The lowest BCUT2D eigenvalue weighted by atomic mass is 10.1. The quantitative estimate of drug-likeness (QED) is 0.585. The predicted molar refractivity (Wildman–Crippen MR) is 68.3 cm³/mol. The van der Waals surface area contributed by atoms with Crippen molar-refractivity contribution in [2.75, 3.05) is 6.61 Å². The van der Waals surface area contributed by atoms with Gasteiger partial charge in [-0.05, 0) is 33.3 Å². The molecule has 5 heteroatoms. The molecule has 1 heterocycles. The minimum Gasteiger partial charge on any atom is -0.374 e. The van der Waals surface area contributed by atoms with Crippen LogP contribution >= 0.6 is 0 Å². The van der Waals surface area contributed by atoms with E-state index in [-0.39, 0.29) is 11.6 Å². The summed E-state index contributed by atoms with van der Waals surface area (Å²) in [5.74, 6) is 5.59. The van der Waals surface area contributed by atoms with Crippen LogP contribution in [-0.4, -0.2) is 22.0 Å². The normalized spacial score (nSPS) is 13.9. The Bertz CT molecular complexity index is 329. The summed E-state index contributed by atoms with van der Waals surface area (Å²) >= 11 is 0. The molecule has 1 rings (SSSR count). The number of nitrogens with one attached hydrogen (secondary N) is 1. The average Bonchev–Trinajstić information content (AvgIpc) is 2.66. The van der Waals surface area contributed by atoms with Gasteiger partial charge in [-0.3, -0.25) is 10.5 Å². The molecule has 1 aromatic rings. The van der Waals surface area contributed by atoms with Crippen molar-refractivity contribution in [1.29, 1.82) is 0 Å². The Kier molecular flexibility index (Phi) is 5.11.